The second-order valence-electron chi connectivity index (χ2n) is 6.53. The number of ether oxygens (including phenoxy) is 1. The van der Waals surface area contributed by atoms with Gasteiger partial charge in [-0.2, -0.15) is 11.3 Å². The number of nitrogens with zero attached hydrogens (tertiary/aromatic N) is 1. The lowest BCUT2D eigenvalue weighted by molar-refractivity contribution is -0.135. The van der Waals surface area contributed by atoms with E-state index < -0.39 is 5.41 Å². The van der Waals surface area contributed by atoms with Gasteiger partial charge in [0.25, 0.3) is 0 Å². The molecule has 1 aromatic carbocycles. The molecule has 2 amide bonds. The zero-order valence-corrected chi connectivity index (χ0v) is 15.1. The fourth-order valence-corrected chi connectivity index (χ4v) is 4.03. The molecule has 132 valence electrons. The molecule has 1 saturated heterocycles. The van der Waals surface area contributed by atoms with Crippen LogP contribution in [-0.2, 0) is 20.7 Å². The maximum Gasteiger partial charge on any atom is 0.248 e. The minimum atomic E-state index is -0.701. The number of thiophene rings is 1. The van der Waals surface area contributed by atoms with Crippen LogP contribution in [0.1, 0.15) is 12.0 Å². The Hall–Kier alpha value is -2.18. The Morgan fingerprint density at radius 3 is 2.60 bits per heavy atom. The first-order valence-corrected chi connectivity index (χ1v) is 9.16. The lowest BCUT2D eigenvalue weighted by Gasteiger charge is -2.26. The van der Waals surface area contributed by atoms with Gasteiger partial charge in [0, 0.05) is 20.2 Å². The van der Waals surface area contributed by atoms with Crippen LogP contribution in [0.5, 0.6) is 0 Å². The van der Waals surface area contributed by atoms with Crippen molar-refractivity contribution in [2.75, 3.05) is 26.8 Å². The summed E-state index contributed by atoms with van der Waals surface area (Å²) in [6.07, 6.45) is 1.13. The van der Waals surface area contributed by atoms with Crippen molar-refractivity contribution in [3.63, 3.8) is 0 Å². The number of carbonyl (C=O) groups is 2. The zero-order valence-electron chi connectivity index (χ0n) is 14.2. The Morgan fingerprint density at radius 2 is 2.00 bits per heavy atom. The third-order valence-electron chi connectivity index (χ3n) is 4.85. The van der Waals surface area contributed by atoms with Gasteiger partial charge in [-0.15, -0.1) is 0 Å². The van der Waals surface area contributed by atoms with Gasteiger partial charge in [-0.3, -0.25) is 9.59 Å². The van der Waals surface area contributed by atoms with Crippen molar-refractivity contribution in [2.45, 2.75) is 12.8 Å². The van der Waals surface area contributed by atoms with Crippen molar-refractivity contribution >= 4 is 23.2 Å². The van der Waals surface area contributed by atoms with Crippen molar-refractivity contribution in [1.29, 1.82) is 0 Å². The molecule has 2 aromatic rings. The van der Waals surface area contributed by atoms with E-state index in [1.807, 2.05) is 12.1 Å². The highest BCUT2D eigenvalue weighted by Gasteiger charge is 2.44. The minimum absolute atomic E-state index is 0.0319. The quantitative estimate of drug-likeness (QED) is 0.861. The van der Waals surface area contributed by atoms with Crippen LogP contribution < -0.4 is 5.73 Å². The standard InChI is InChI=1S/C19H22N2O3S/c1-24-11-17(22)21-8-7-19(13-21,18(20)23)10-14-2-4-15(5-3-14)16-6-9-25-12-16/h2-6,9,12H,7-8,10-11,13H2,1H3,(H2,20,23)/t19-/m0/s1. The van der Waals surface area contributed by atoms with Gasteiger partial charge in [0.15, 0.2) is 0 Å². The first-order chi connectivity index (χ1) is 12.0. The van der Waals surface area contributed by atoms with Crippen LogP contribution in [0.15, 0.2) is 41.1 Å². The molecule has 0 unspecified atom stereocenters. The van der Waals surface area contributed by atoms with Crippen LogP contribution in [0, 0.1) is 5.41 Å². The third-order valence-corrected chi connectivity index (χ3v) is 5.53. The Kier molecular flexibility index (Phi) is 5.20. The first-order valence-electron chi connectivity index (χ1n) is 8.22. The SMILES string of the molecule is COCC(=O)N1CC[C@@](Cc2ccc(-c3ccsc3)cc2)(C(N)=O)C1. The summed E-state index contributed by atoms with van der Waals surface area (Å²) < 4.78 is 4.90. The van der Waals surface area contributed by atoms with Gasteiger partial charge in [-0.05, 0) is 46.4 Å². The Bertz CT molecular complexity index is 743. The van der Waals surface area contributed by atoms with E-state index in [2.05, 4.69) is 29.0 Å². The normalized spacial score (nSPS) is 20.0. The summed E-state index contributed by atoms with van der Waals surface area (Å²) in [5.41, 5.74) is 8.42. The predicted octanol–water partition coefficient (Wildman–Crippen LogP) is 2.31. The molecule has 0 aliphatic carbocycles. The lowest BCUT2D eigenvalue weighted by Crippen LogP contribution is -2.43. The van der Waals surface area contributed by atoms with Crippen LogP contribution in [0.4, 0.5) is 0 Å². The van der Waals surface area contributed by atoms with Crippen molar-refractivity contribution in [1.82, 2.24) is 4.90 Å². The molecule has 5 nitrogen and oxygen atoms in total. The molecule has 2 heterocycles. The summed E-state index contributed by atoms with van der Waals surface area (Å²) in [5.74, 6) is -0.444. The Labute approximate surface area is 151 Å². The molecule has 3 rings (SSSR count). The maximum absolute atomic E-state index is 12.2. The molecule has 1 atom stereocenters. The molecule has 0 bridgehead atoms. The Morgan fingerprint density at radius 1 is 1.24 bits per heavy atom. The summed E-state index contributed by atoms with van der Waals surface area (Å²) in [6, 6.07) is 10.3. The molecule has 6 heteroatoms. The van der Waals surface area contributed by atoms with E-state index in [-0.39, 0.29) is 18.4 Å². The molecule has 1 aliphatic rings. The molecule has 0 spiro atoms. The van der Waals surface area contributed by atoms with Gasteiger partial charge < -0.3 is 15.4 Å². The summed E-state index contributed by atoms with van der Waals surface area (Å²) >= 11 is 1.67. The van der Waals surface area contributed by atoms with Gasteiger partial charge in [-0.25, -0.2) is 0 Å². The van der Waals surface area contributed by atoms with Gasteiger partial charge >= 0.3 is 0 Å². The fourth-order valence-electron chi connectivity index (χ4n) is 3.37. The predicted molar refractivity (Wildman–Crippen MR) is 98.2 cm³/mol. The van der Waals surface area contributed by atoms with E-state index in [0.29, 0.717) is 25.9 Å². The first kappa shape index (κ1) is 17.6. The van der Waals surface area contributed by atoms with Crippen molar-refractivity contribution < 1.29 is 14.3 Å². The van der Waals surface area contributed by atoms with E-state index in [1.165, 1.54) is 12.7 Å². The summed E-state index contributed by atoms with van der Waals surface area (Å²) in [7, 11) is 1.49. The number of methoxy groups -OCH3 is 1. The molecule has 0 saturated carbocycles. The van der Waals surface area contributed by atoms with Gasteiger partial charge in [0.2, 0.25) is 11.8 Å². The van der Waals surface area contributed by atoms with Crippen molar-refractivity contribution in [3.8, 4) is 11.1 Å². The number of carbonyl (C=O) groups excluding carboxylic acids is 2. The average molecular weight is 358 g/mol. The number of primary amides is 1. The third kappa shape index (κ3) is 3.75. The highest BCUT2D eigenvalue weighted by molar-refractivity contribution is 7.08. The summed E-state index contributed by atoms with van der Waals surface area (Å²) in [6.45, 7) is 0.930. The highest BCUT2D eigenvalue weighted by atomic mass is 32.1. The van der Waals surface area contributed by atoms with E-state index >= 15 is 0 Å². The fraction of sp³-hybridized carbons (Fsp3) is 0.368. The lowest BCUT2D eigenvalue weighted by atomic mass is 9.80. The van der Waals surface area contributed by atoms with Gasteiger partial charge in [0.1, 0.15) is 6.61 Å². The summed E-state index contributed by atoms with van der Waals surface area (Å²) in [5, 5.41) is 4.16. The van der Waals surface area contributed by atoms with Crippen LogP contribution in [0.3, 0.4) is 0 Å². The van der Waals surface area contributed by atoms with Crippen LogP contribution in [-0.4, -0.2) is 43.5 Å². The number of amides is 2. The second kappa shape index (κ2) is 7.37. The van der Waals surface area contributed by atoms with Gasteiger partial charge in [-0.1, -0.05) is 24.3 Å². The molecule has 25 heavy (non-hydrogen) atoms. The van der Waals surface area contributed by atoms with E-state index in [1.54, 1.807) is 16.2 Å². The Balaban J connectivity index is 1.74. The number of nitrogens with two attached hydrogens (primary N) is 1. The number of hydrogen-bond donors (Lipinski definition) is 1. The van der Waals surface area contributed by atoms with Crippen molar-refractivity contribution in [2.24, 2.45) is 11.1 Å². The van der Waals surface area contributed by atoms with Crippen LogP contribution >= 0.6 is 11.3 Å². The van der Waals surface area contributed by atoms with E-state index in [4.69, 9.17) is 10.5 Å². The minimum Gasteiger partial charge on any atom is -0.375 e. The van der Waals surface area contributed by atoms with Crippen LogP contribution in [0.25, 0.3) is 11.1 Å². The van der Waals surface area contributed by atoms with E-state index in [0.717, 1.165) is 11.1 Å². The monoisotopic (exact) mass is 358 g/mol. The van der Waals surface area contributed by atoms with E-state index in [9.17, 15) is 9.59 Å². The van der Waals surface area contributed by atoms with Gasteiger partial charge in [0.05, 0.1) is 5.41 Å². The van der Waals surface area contributed by atoms with Crippen molar-refractivity contribution in [3.05, 3.63) is 46.7 Å². The largest absolute Gasteiger partial charge is 0.375 e. The number of rotatable bonds is 6. The second-order valence-corrected chi connectivity index (χ2v) is 7.31. The molecule has 1 aliphatic heterocycles. The molecular formula is C19H22N2O3S. The maximum atomic E-state index is 12.2. The molecule has 1 aromatic heterocycles. The molecular weight excluding hydrogens is 336 g/mol. The average Bonchev–Trinajstić information content (AvgIpc) is 3.26. The molecule has 0 radical (unpaired) electrons. The number of likely N-dealkylation sites (tertiary alicyclic amines) is 1. The topological polar surface area (TPSA) is 72.6 Å². The molecule has 1 fully saturated rings. The molecule has 2 N–H and O–H groups in total. The smallest absolute Gasteiger partial charge is 0.248 e. The number of benzene rings is 1. The van der Waals surface area contributed by atoms with Crippen LogP contribution in [0.2, 0.25) is 0 Å². The number of hydrogen-bond acceptors (Lipinski definition) is 4. The zero-order chi connectivity index (χ0) is 17.9. The summed E-state index contributed by atoms with van der Waals surface area (Å²) in [4.78, 5) is 25.9. The highest BCUT2D eigenvalue weighted by Crippen LogP contribution is 2.35.